The number of halogens is 2. The Balaban J connectivity index is 1.51. The minimum atomic E-state index is -3.71. The van der Waals surface area contributed by atoms with Crippen LogP contribution in [0.4, 0.5) is 8.78 Å². The van der Waals surface area contributed by atoms with Crippen molar-refractivity contribution in [1.29, 1.82) is 0 Å². The zero-order valence-electron chi connectivity index (χ0n) is 17.8. The molecule has 1 aliphatic heterocycles. The maximum absolute atomic E-state index is 13.8. The lowest BCUT2D eigenvalue weighted by Gasteiger charge is -2.37. The van der Waals surface area contributed by atoms with Crippen molar-refractivity contribution in [3.8, 4) is 0 Å². The minimum absolute atomic E-state index is 0.128. The number of alkyl halides is 2. The number of sulfonamides is 1. The Morgan fingerprint density at radius 3 is 2.22 bits per heavy atom. The van der Waals surface area contributed by atoms with E-state index in [0.717, 1.165) is 4.57 Å². The van der Waals surface area contributed by atoms with E-state index in [4.69, 9.17) is 0 Å². The fourth-order valence-electron chi connectivity index (χ4n) is 4.07. The molecule has 32 heavy (non-hydrogen) atoms. The van der Waals surface area contributed by atoms with E-state index in [1.807, 2.05) is 11.8 Å². The first-order valence-corrected chi connectivity index (χ1v) is 11.7. The summed E-state index contributed by atoms with van der Waals surface area (Å²) in [5.74, 6) is 0.128. The van der Waals surface area contributed by atoms with Crippen LogP contribution in [0, 0.1) is 0 Å². The summed E-state index contributed by atoms with van der Waals surface area (Å²) in [6.07, 6.45) is 0. The lowest BCUT2D eigenvalue weighted by atomic mass is 10.2. The Morgan fingerprint density at radius 2 is 1.62 bits per heavy atom. The SMILES string of the molecule is CC(=O)c1ccc(S(=O)(=O)N2CCN([C@H](C)c3nc4ccccc4n3C(F)F)CC2)cc1. The number of nitrogens with zero attached hydrogens (tertiary/aromatic N) is 4. The van der Waals surface area contributed by atoms with Gasteiger partial charge in [-0.05, 0) is 38.1 Å². The van der Waals surface area contributed by atoms with E-state index in [0.29, 0.717) is 29.7 Å². The molecule has 0 saturated carbocycles. The second-order valence-corrected chi connectivity index (χ2v) is 9.74. The molecular weight excluding hydrogens is 438 g/mol. The third-order valence-corrected chi connectivity index (χ3v) is 7.82. The highest BCUT2D eigenvalue weighted by Gasteiger charge is 2.32. The number of rotatable bonds is 6. The van der Waals surface area contributed by atoms with E-state index in [1.54, 1.807) is 24.3 Å². The van der Waals surface area contributed by atoms with Gasteiger partial charge in [-0.1, -0.05) is 24.3 Å². The number of para-hydroxylation sites is 2. The van der Waals surface area contributed by atoms with Gasteiger partial charge in [-0.3, -0.25) is 14.3 Å². The van der Waals surface area contributed by atoms with Crippen molar-refractivity contribution in [3.05, 3.63) is 59.9 Å². The van der Waals surface area contributed by atoms with Crippen LogP contribution in [-0.4, -0.2) is 59.1 Å². The number of carbonyl (C=O) groups is 1. The molecule has 2 heterocycles. The number of hydrogen-bond donors (Lipinski definition) is 0. The summed E-state index contributed by atoms with van der Waals surface area (Å²) in [5, 5.41) is 0. The third kappa shape index (κ3) is 4.05. The third-order valence-electron chi connectivity index (χ3n) is 5.91. The van der Waals surface area contributed by atoms with Crippen molar-refractivity contribution < 1.29 is 22.0 Å². The number of Topliss-reactive ketones (excluding diaryl/α,β-unsaturated/α-hetero) is 1. The molecule has 1 saturated heterocycles. The number of piperazine rings is 1. The topological polar surface area (TPSA) is 75.5 Å². The van der Waals surface area contributed by atoms with Gasteiger partial charge in [0.15, 0.2) is 5.78 Å². The largest absolute Gasteiger partial charge is 0.320 e. The normalized spacial score (nSPS) is 17.2. The van der Waals surface area contributed by atoms with Gasteiger partial charge in [0.25, 0.3) is 0 Å². The number of fused-ring (bicyclic) bond motifs is 1. The second-order valence-electron chi connectivity index (χ2n) is 7.80. The molecular formula is C22H24F2N4O3S. The first kappa shape index (κ1) is 22.5. The molecule has 1 aromatic heterocycles. The Morgan fingerprint density at radius 1 is 1.00 bits per heavy atom. The number of benzene rings is 2. The number of imidazole rings is 1. The summed E-state index contributed by atoms with van der Waals surface area (Å²) >= 11 is 0. The molecule has 0 N–H and O–H groups in total. The van der Waals surface area contributed by atoms with Crippen LogP contribution >= 0.6 is 0 Å². The molecule has 0 unspecified atom stereocenters. The summed E-state index contributed by atoms with van der Waals surface area (Å²) in [5.41, 5.74) is 1.33. The predicted molar refractivity (Wildman–Crippen MR) is 116 cm³/mol. The van der Waals surface area contributed by atoms with E-state index >= 15 is 0 Å². The Kier molecular flexibility index (Phi) is 6.11. The van der Waals surface area contributed by atoms with Crippen LogP contribution in [0.15, 0.2) is 53.4 Å². The van der Waals surface area contributed by atoms with Crippen molar-refractivity contribution >= 4 is 26.8 Å². The zero-order chi connectivity index (χ0) is 23.0. The van der Waals surface area contributed by atoms with E-state index in [9.17, 15) is 22.0 Å². The Bertz CT molecular complexity index is 1230. The summed E-state index contributed by atoms with van der Waals surface area (Å²) in [4.78, 5) is 17.9. The van der Waals surface area contributed by atoms with Crippen LogP contribution in [0.25, 0.3) is 11.0 Å². The first-order valence-electron chi connectivity index (χ1n) is 10.3. The van der Waals surface area contributed by atoms with Gasteiger partial charge in [0.2, 0.25) is 10.0 Å². The Hall–Kier alpha value is -2.69. The van der Waals surface area contributed by atoms with E-state index in [1.165, 1.54) is 35.5 Å². The van der Waals surface area contributed by atoms with Crippen LogP contribution in [0.2, 0.25) is 0 Å². The predicted octanol–water partition coefficient (Wildman–Crippen LogP) is 3.70. The van der Waals surface area contributed by atoms with Gasteiger partial charge in [-0.15, -0.1) is 0 Å². The standard InChI is InChI=1S/C22H24F2N4O3S/c1-15(21-25-19-5-3-4-6-20(19)28(21)22(23)24)26-11-13-27(14-12-26)32(30,31)18-9-7-17(8-10-18)16(2)29/h3-10,15,22H,11-14H2,1-2H3/t15-/m1/s1. The quantitative estimate of drug-likeness (QED) is 0.522. The molecule has 170 valence electrons. The van der Waals surface area contributed by atoms with Gasteiger partial charge < -0.3 is 0 Å². The molecule has 1 atom stereocenters. The molecule has 4 rings (SSSR count). The maximum Gasteiger partial charge on any atom is 0.320 e. The monoisotopic (exact) mass is 462 g/mol. The van der Waals surface area contributed by atoms with Crippen molar-refractivity contribution in [2.75, 3.05) is 26.2 Å². The lowest BCUT2D eigenvalue weighted by molar-refractivity contribution is 0.0615. The number of aromatic nitrogens is 2. The Labute approximate surface area is 185 Å². The average molecular weight is 463 g/mol. The first-order chi connectivity index (χ1) is 15.2. The number of carbonyl (C=O) groups excluding carboxylic acids is 1. The van der Waals surface area contributed by atoms with Crippen molar-refractivity contribution in [1.82, 2.24) is 18.8 Å². The van der Waals surface area contributed by atoms with Crippen molar-refractivity contribution in [2.45, 2.75) is 31.3 Å². The van der Waals surface area contributed by atoms with E-state index < -0.39 is 22.6 Å². The van der Waals surface area contributed by atoms with Crippen molar-refractivity contribution in [3.63, 3.8) is 0 Å². The number of hydrogen-bond acceptors (Lipinski definition) is 5. The second kappa shape index (κ2) is 8.68. The fourth-order valence-corrected chi connectivity index (χ4v) is 5.49. The van der Waals surface area contributed by atoms with Crippen LogP contribution in [0.5, 0.6) is 0 Å². The number of ketones is 1. The molecule has 1 aliphatic rings. The van der Waals surface area contributed by atoms with Gasteiger partial charge in [-0.25, -0.2) is 13.4 Å². The van der Waals surface area contributed by atoms with Gasteiger partial charge in [0.1, 0.15) is 5.82 Å². The summed E-state index contributed by atoms with van der Waals surface area (Å²) in [6.45, 7) is 1.75. The minimum Gasteiger partial charge on any atom is -0.295 e. The van der Waals surface area contributed by atoms with Crippen LogP contribution in [-0.2, 0) is 10.0 Å². The van der Waals surface area contributed by atoms with Crippen LogP contribution in [0.3, 0.4) is 0 Å². The molecule has 10 heteroatoms. The highest BCUT2D eigenvalue weighted by atomic mass is 32.2. The van der Waals surface area contributed by atoms with Crippen molar-refractivity contribution in [2.24, 2.45) is 0 Å². The smallest absolute Gasteiger partial charge is 0.295 e. The van der Waals surface area contributed by atoms with Gasteiger partial charge >= 0.3 is 6.55 Å². The molecule has 2 aromatic carbocycles. The molecule has 0 spiro atoms. The molecule has 0 bridgehead atoms. The van der Waals surface area contributed by atoms with Gasteiger partial charge in [0, 0.05) is 31.7 Å². The van der Waals surface area contributed by atoms with Gasteiger partial charge in [0.05, 0.1) is 22.0 Å². The van der Waals surface area contributed by atoms with Crippen LogP contribution in [0.1, 0.15) is 42.6 Å². The van der Waals surface area contributed by atoms with E-state index in [-0.39, 0.29) is 29.6 Å². The molecule has 0 radical (unpaired) electrons. The molecule has 3 aromatic rings. The summed E-state index contributed by atoms with van der Waals surface area (Å²) < 4.78 is 55.9. The lowest BCUT2D eigenvalue weighted by Crippen LogP contribution is -2.49. The molecule has 0 amide bonds. The summed E-state index contributed by atoms with van der Waals surface area (Å²) in [6, 6.07) is 12.2. The summed E-state index contributed by atoms with van der Waals surface area (Å²) in [7, 11) is -3.71. The highest BCUT2D eigenvalue weighted by Crippen LogP contribution is 2.30. The molecule has 1 fully saturated rings. The van der Waals surface area contributed by atoms with E-state index in [2.05, 4.69) is 4.98 Å². The van der Waals surface area contributed by atoms with Gasteiger partial charge in [-0.2, -0.15) is 13.1 Å². The van der Waals surface area contributed by atoms with Crippen LogP contribution < -0.4 is 0 Å². The fraction of sp³-hybridized carbons (Fsp3) is 0.364. The molecule has 7 nitrogen and oxygen atoms in total. The zero-order valence-corrected chi connectivity index (χ0v) is 18.6. The highest BCUT2D eigenvalue weighted by molar-refractivity contribution is 7.89. The average Bonchev–Trinajstić information content (AvgIpc) is 3.18. The molecule has 0 aliphatic carbocycles. The maximum atomic E-state index is 13.8.